The summed E-state index contributed by atoms with van der Waals surface area (Å²) in [5.41, 5.74) is 1.31. The van der Waals surface area contributed by atoms with Gasteiger partial charge in [0.2, 0.25) is 0 Å². The number of hydrogen-bond donors (Lipinski definition) is 1. The fraction of sp³-hybridized carbons (Fsp3) is 0.417. The first-order valence-electron chi connectivity index (χ1n) is 10.4. The molecule has 0 saturated carbocycles. The van der Waals surface area contributed by atoms with Crippen molar-refractivity contribution in [2.24, 2.45) is 0 Å². The van der Waals surface area contributed by atoms with E-state index >= 15 is 0 Å². The molecular weight excluding hydrogens is 378 g/mol. The maximum Gasteiger partial charge on any atom is 0.410 e. The SMILES string of the molecule is CC(C)(C)OC(=O)N1CCN(Cc2ccccc2)C(CNC(=O)c2ccccc2)C1. The minimum absolute atomic E-state index is 0.000799. The first kappa shape index (κ1) is 21.8. The second-order valence-electron chi connectivity index (χ2n) is 8.61. The summed E-state index contributed by atoms with van der Waals surface area (Å²) in [6.45, 7) is 8.67. The average Bonchev–Trinajstić information content (AvgIpc) is 2.73. The van der Waals surface area contributed by atoms with Gasteiger partial charge >= 0.3 is 6.09 Å². The van der Waals surface area contributed by atoms with Crippen molar-refractivity contribution >= 4 is 12.0 Å². The predicted octanol–water partition coefficient (Wildman–Crippen LogP) is 3.54. The first-order chi connectivity index (χ1) is 14.3. The van der Waals surface area contributed by atoms with Crippen molar-refractivity contribution in [3.63, 3.8) is 0 Å². The maximum absolute atomic E-state index is 12.6. The highest BCUT2D eigenvalue weighted by molar-refractivity contribution is 5.94. The summed E-state index contributed by atoms with van der Waals surface area (Å²) in [4.78, 5) is 29.2. The molecule has 0 spiro atoms. The topological polar surface area (TPSA) is 61.9 Å². The van der Waals surface area contributed by atoms with E-state index in [1.54, 1.807) is 17.0 Å². The van der Waals surface area contributed by atoms with Gasteiger partial charge in [0.05, 0.1) is 0 Å². The number of piperazine rings is 1. The number of rotatable bonds is 5. The van der Waals surface area contributed by atoms with Gasteiger partial charge in [0, 0.05) is 44.3 Å². The lowest BCUT2D eigenvalue weighted by Gasteiger charge is -2.41. The molecule has 160 valence electrons. The standard InChI is InChI=1S/C24H31N3O3/c1-24(2,3)30-23(29)27-15-14-26(17-19-10-6-4-7-11-19)21(18-27)16-25-22(28)20-12-8-5-9-13-20/h4-13,21H,14-18H2,1-3H3,(H,25,28). The quantitative estimate of drug-likeness (QED) is 0.821. The van der Waals surface area contributed by atoms with Crippen LogP contribution < -0.4 is 5.32 Å². The van der Waals surface area contributed by atoms with Crippen LogP contribution in [-0.2, 0) is 11.3 Å². The summed E-state index contributed by atoms with van der Waals surface area (Å²) < 4.78 is 5.56. The molecule has 30 heavy (non-hydrogen) atoms. The zero-order chi connectivity index (χ0) is 21.6. The second-order valence-corrected chi connectivity index (χ2v) is 8.61. The van der Waals surface area contributed by atoms with Crippen LogP contribution in [0.3, 0.4) is 0 Å². The highest BCUT2D eigenvalue weighted by atomic mass is 16.6. The fourth-order valence-corrected chi connectivity index (χ4v) is 3.51. The number of carbonyl (C=O) groups is 2. The minimum atomic E-state index is -0.532. The van der Waals surface area contributed by atoms with Crippen LogP contribution >= 0.6 is 0 Å². The molecule has 0 bridgehead atoms. The Morgan fingerprint density at radius 3 is 2.27 bits per heavy atom. The Morgan fingerprint density at radius 2 is 1.63 bits per heavy atom. The van der Waals surface area contributed by atoms with Gasteiger partial charge in [-0.3, -0.25) is 9.69 Å². The molecule has 6 nitrogen and oxygen atoms in total. The lowest BCUT2D eigenvalue weighted by Crippen LogP contribution is -2.58. The van der Waals surface area contributed by atoms with Crippen molar-refractivity contribution in [2.45, 2.75) is 39.0 Å². The van der Waals surface area contributed by atoms with Gasteiger partial charge in [-0.25, -0.2) is 4.79 Å². The summed E-state index contributed by atoms with van der Waals surface area (Å²) in [7, 11) is 0. The van der Waals surface area contributed by atoms with Crippen LogP contribution in [0, 0.1) is 0 Å². The lowest BCUT2D eigenvalue weighted by molar-refractivity contribution is 0.00271. The molecule has 1 fully saturated rings. The van der Waals surface area contributed by atoms with Crippen molar-refractivity contribution < 1.29 is 14.3 Å². The first-order valence-corrected chi connectivity index (χ1v) is 10.4. The number of nitrogens with zero attached hydrogens (tertiary/aromatic N) is 2. The highest BCUT2D eigenvalue weighted by Crippen LogP contribution is 2.17. The zero-order valence-electron chi connectivity index (χ0n) is 18.0. The predicted molar refractivity (Wildman–Crippen MR) is 117 cm³/mol. The monoisotopic (exact) mass is 409 g/mol. The van der Waals surface area contributed by atoms with Gasteiger partial charge in [-0.2, -0.15) is 0 Å². The van der Waals surface area contributed by atoms with Crippen molar-refractivity contribution in [3.05, 3.63) is 71.8 Å². The van der Waals surface area contributed by atoms with Crippen LogP contribution in [0.4, 0.5) is 4.79 Å². The number of nitrogens with one attached hydrogen (secondary N) is 1. The van der Waals surface area contributed by atoms with Gasteiger partial charge in [-0.1, -0.05) is 48.5 Å². The van der Waals surface area contributed by atoms with Gasteiger partial charge < -0.3 is 15.0 Å². The van der Waals surface area contributed by atoms with Gasteiger partial charge in [-0.05, 0) is 38.5 Å². The van der Waals surface area contributed by atoms with E-state index in [2.05, 4.69) is 22.3 Å². The molecule has 2 aromatic carbocycles. The summed E-state index contributed by atoms with van der Waals surface area (Å²) in [5, 5.41) is 3.03. The molecule has 3 rings (SSSR count). The summed E-state index contributed by atoms with van der Waals surface area (Å²) in [5.74, 6) is -0.107. The van der Waals surface area contributed by atoms with Crippen LogP contribution in [-0.4, -0.2) is 59.6 Å². The minimum Gasteiger partial charge on any atom is -0.444 e. The second kappa shape index (κ2) is 9.76. The molecule has 6 heteroatoms. The molecule has 0 aromatic heterocycles. The summed E-state index contributed by atoms with van der Waals surface area (Å²) in [6, 6.07) is 19.4. The molecule has 0 radical (unpaired) electrons. The highest BCUT2D eigenvalue weighted by Gasteiger charge is 2.32. The molecule has 1 atom stereocenters. The Balaban J connectivity index is 1.68. The number of ether oxygens (including phenoxy) is 1. The molecule has 1 heterocycles. The van der Waals surface area contributed by atoms with Crippen LogP contribution in [0.5, 0.6) is 0 Å². The van der Waals surface area contributed by atoms with E-state index in [1.165, 1.54) is 5.56 Å². The van der Waals surface area contributed by atoms with Gasteiger partial charge in [-0.15, -0.1) is 0 Å². The smallest absolute Gasteiger partial charge is 0.410 e. The molecule has 2 amide bonds. The van der Waals surface area contributed by atoms with E-state index < -0.39 is 5.60 Å². The van der Waals surface area contributed by atoms with Gasteiger partial charge in [0.1, 0.15) is 5.60 Å². The Kier molecular flexibility index (Phi) is 7.11. The Hall–Kier alpha value is -2.86. The van der Waals surface area contributed by atoms with E-state index in [4.69, 9.17) is 4.74 Å². The van der Waals surface area contributed by atoms with E-state index in [-0.39, 0.29) is 18.0 Å². The van der Waals surface area contributed by atoms with Gasteiger partial charge in [0.25, 0.3) is 5.91 Å². The average molecular weight is 410 g/mol. The molecule has 1 aliphatic heterocycles. The molecule has 2 aromatic rings. The van der Waals surface area contributed by atoms with Crippen molar-refractivity contribution in [2.75, 3.05) is 26.2 Å². The van der Waals surface area contributed by atoms with E-state index in [0.717, 1.165) is 13.1 Å². The normalized spacial score (nSPS) is 17.4. The summed E-state index contributed by atoms with van der Waals surface area (Å²) in [6.07, 6.45) is -0.304. The third-order valence-corrected chi connectivity index (χ3v) is 5.02. The third-order valence-electron chi connectivity index (χ3n) is 5.02. The largest absolute Gasteiger partial charge is 0.444 e. The van der Waals surface area contributed by atoms with Crippen molar-refractivity contribution in [3.8, 4) is 0 Å². The third kappa shape index (κ3) is 6.32. The molecule has 1 unspecified atom stereocenters. The number of benzene rings is 2. The maximum atomic E-state index is 12.6. The van der Waals surface area contributed by atoms with E-state index in [9.17, 15) is 9.59 Å². The molecule has 0 aliphatic carbocycles. The van der Waals surface area contributed by atoms with E-state index in [0.29, 0.717) is 25.2 Å². The molecule has 1 saturated heterocycles. The number of hydrogen-bond acceptors (Lipinski definition) is 4. The molecular formula is C24H31N3O3. The zero-order valence-corrected chi connectivity index (χ0v) is 18.0. The Morgan fingerprint density at radius 1 is 1.00 bits per heavy atom. The van der Waals surface area contributed by atoms with Crippen LogP contribution in [0.1, 0.15) is 36.7 Å². The molecule has 1 N–H and O–H groups in total. The van der Waals surface area contributed by atoms with Crippen LogP contribution in [0.15, 0.2) is 60.7 Å². The van der Waals surface area contributed by atoms with E-state index in [1.807, 2.05) is 57.2 Å². The van der Waals surface area contributed by atoms with Crippen LogP contribution in [0.25, 0.3) is 0 Å². The Labute approximate surface area is 178 Å². The van der Waals surface area contributed by atoms with Gasteiger partial charge in [0.15, 0.2) is 0 Å². The van der Waals surface area contributed by atoms with Crippen molar-refractivity contribution in [1.82, 2.24) is 15.1 Å². The number of carbonyl (C=O) groups excluding carboxylic acids is 2. The fourth-order valence-electron chi connectivity index (χ4n) is 3.51. The Bertz CT molecular complexity index is 834. The lowest BCUT2D eigenvalue weighted by atomic mass is 10.1. The van der Waals surface area contributed by atoms with Crippen LogP contribution in [0.2, 0.25) is 0 Å². The molecule has 1 aliphatic rings. The van der Waals surface area contributed by atoms with Crippen molar-refractivity contribution in [1.29, 1.82) is 0 Å². The summed E-state index contributed by atoms with van der Waals surface area (Å²) >= 11 is 0. The number of amides is 2.